The highest BCUT2D eigenvalue weighted by Gasteiger charge is 2.29. The quantitative estimate of drug-likeness (QED) is 0.304. The molecule has 0 unspecified atom stereocenters. The smallest absolute Gasteiger partial charge is 0.331 e. The fraction of sp³-hybridized carbons (Fsp3) is 0.429. The lowest BCUT2D eigenvalue weighted by Crippen LogP contribution is -2.36. The van der Waals surface area contributed by atoms with Gasteiger partial charge in [-0.15, -0.1) is 0 Å². The summed E-state index contributed by atoms with van der Waals surface area (Å²) in [4.78, 5) is 30.1. The van der Waals surface area contributed by atoms with Crippen molar-refractivity contribution in [3.8, 4) is 6.07 Å². The molecule has 0 spiro atoms. The first kappa shape index (κ1) is 27.7. The summed E-state index contributed by atoms with van der Waals surface area (Å²) in [6, 6.07) is 2.71. The van der Waals surface area contributed by atoms with Crippen molar-refractivity contribution in [2.75, 3.05) is 13.6 Å². The number of amides is 1. The third-order valence-corrected chi connectivity index (χ3v) is 4.45. The zero-order valence-electron chi connectivity index (χ0n) is 17.9. The molecule has 1 rings (SSSR count). The van der Waals surface area contributed by atoms with Crippen LogP contribution in [0.25, 0.3) is 5.57 Å². The first-order chi connectivity index (χ1) is 15.2. The second-order valence-corrected chi connectivity index (χ2v) is 7.03. The number of carbonyl (C=O) groups excluding carboxylic acids is 1. The summed E-state index contributed by atoms with van der Waals surface area (Å²) in [6.45, 7) is 3.49. The maximum Gasteiger partial charge on any atom is 0.412 e. The van der Waals surface area contributed by atoms with E-state index in [-0.39, 0.29) is 30.1 Å². The van der Waals surface area contributed by atoms with Gasteiger partial charge in [-0.1, -0.05) is 24.8 Å². The zero-order valence-corrected chi connectivity index (χ0v) is 17.9. The minimum Gasteiger partial charge on any atom is -0.331 e. The van der Waals surface area contributed by atoms with Crippen LogP contribution in [0, 0.1) is 11.3 Å². The van der Waals surface area contributed by atoms with Crippen molar-refractivity contribution >= 4 is 11.5 Å². The van der Waals surface area contributed by atoms with E-state index >= 15 is 0 Å². The fourth-order valence-electron chi connectivity index (χ4n) is 2.53. The van der Waals surface area contributed by atoms with Gasteiger partial charge in [-0.25, -0.2) is 4.98 Å². The molecule has 1 aromatic heterocycles. The standard InChI is InChI=1S/C21H22F6N4O2/c1-4-15(8-7-14(2)21(25,26)27)16-12-18(32)31(13-19(33)30(3)11-10-28)17(29-16)6-5-9-20(22,23)24/h4,7-8,12H,1,5-6,9,11,13H2,2-3H3/b14-7+,15-8+. The van der Waals surface area contributed by atoms with Gasteiger partial charge in [0.25, 0.3) is 5.56 Å². The summed E-state index contributed by atoms with van der Waals surface area (Å²) in [5, 5.41) is 8.70. The Morgan fingerprint density at radius 2 is 1.91 bits per heavy atom. The van der Waals surface area contributed by atoms with Gasteiger partial charge in [-0.3, -0.25) is 14.2 Å². The summed E-state index contributed by atoms with van der Waals surface area (Å²) in [6.07, 6.45) is -7.98. The molecule has 0 saturated heterocycles. The SMILES string of the molecule is C=C/C(=C\C=C(/C)C(F)(F)F)c1cc(=O)n(CC(=O)N(C)CC#N)c(CCCC(F)(F)F)n1. The molecule has 0 aliphatic rings. The van der Waals surface area contributed by atoms with Gasteiger partial charge in [0, 0.05) is 31.5 Å². The van der Waals surface area contributed by atoms with Gasteiger partial charge in [-0.05, 0) is 18.9 Å². The van der Waals surface area contributed by atoms with Gasteiger partial charge in [0.05, 0.1) is 11.8 Å². The Hall–Kier alpha value is -3.36. The number of allylic oxidation sites excluding steroid dienone is 5. The molecule has 1 aromatic rings. The monoisotopic (exact) mass is 476 g/mol. The van der Waals surface area contributed by atoms with E-state index in [4.69, 9.17) is 5.26 Å². The number of aryl methyl sites for hydroxylation is 1. The number of carbonyl (C=O) groups is 1. The minimum absolute atomic E-state index is 0.0350. The molecule has 0 bridgehead atoms. The van der Waals surface area contributed by atoms with E-state index in [0.29, 0.717) is 0 Å². The van der Waals surface area contributed by atoms with Crippen LogP contribution in [0.5, 0.6) is 0 Å². The van der Waals surface area contributed by atoms with Crippen LogP contribution in [0.3, 0.4) is 0 Å². The molecule has 6 nitrogen and oxygen atoms in total. The number of aromatic nitrogens is 2. The first-order valence-corrected chi connectivity index (χ1v) is 9.56. The highest BCUT2D eigenvalue weighted by Crippen LogP contribution is 2.26. The van der Waals surface area contributed by atoms with E-state index in [0.717, 1.165) is 40.7 Å². The number of hydrogen-bond donors (Lipinski definition) is 0. The molecular formula is C21H22F6N4O2. The summed E-state index contributed by atoms with van der Waals surface area (Å²) in [5.74, 6) is -0.793. The molecule has 0 saturated carbocycles. The first-order valence-electron chi connectivity index (χ1n) is 9.56. The van der Waals surface area contributed by atoms with E-state index in [2.05, 4.69) is 11.6 Å². The van der Waals surface area contributed by atoms with Gasteiger partial charge in [0.1, 0.15) is 18.9 Å². The molecule has 0 fully saturated rings. The van der Waals surface area contributed by atoms with Crippen LogP contribution in [0.2, 0.25) is 0 Å². The van der Waals surface area contributed by atoms with Gasteiger partial charge < -0.3 is 4.90 Å². The Morgan fingerprint density at radius 3 is 2.42 bits per heavy atom. The van der Waals surface area contributed by atoms with Crippen molar-refractivity contribution in [1.29, 1.82) is 5.26 Å². The molecule has 0 N–H and O–H groups in total. The molecule has 0 aliphatic carbocycles. The van der Waals surface area contributed by atoms with Crippen molar-refractivity contribution < 1.29 is 31.1 Å². The molecule has 33 heavy (non-hydrogen) atoms. The molecule has 1 amide bonds. The normalized spacial score (nSPS) is 12.9. The summed E-state index contributed by atoms with van der Waals surface area (Å²) in [5.41, 5.74) is -1.78. The fourth-order valence-corrected chi connectivity index (χ4v) is 2.53. The van der Waals surface area contributed by atoms with E-state index in [9.17, 15) is 35.9 Å². The highest BCUT2D eigenvalue weighted by molar-refractivity contribution is 5.76. The maximum atomic E-state index is 12.7. The third-order valence-electron chi connectivity index (χ3n) is 4.45. The van der Waals surface area contributed by atoms with Crippen LogP contribution < -0.4 is 5.56 Å². The lowest BCUT2D eigenvalue weighted by Gasteiger charge is -2.17. The van der Waals surface area contributed by atoms with Gasteiger partial charge >= 0.3 is 12.4 Å². The maximum absolute atomic E-state index is 12.7. The molecular weight excluding hydrogens is 454 g/mol. The molecule has 0 aromatic carbocycles. The van der Waals surface area contributed by atoms with Crippen LogP contribution in [0.15, 0.2) is 41.2 Å². The average Bonchev–Trinajstić information content (AvgIpc) is 2.69. The predicted octanol–water partition coefficient (Wildman–Crippen LogP) is 4.19. The van der Waals surface area contributed by atoms with Gasteiger partial charge in [-0.2, -0.15) is 31.6 Å². The van der Waals surface area contributed by atoms with Gasteiger partial charge in [0.15, 0.2) is 0 Å². The molecule has 0 aliphatic heterocycles. The van der Waals surface area contributed by atoms with Crippen molar-refractivity contribution in [2.45, 2.75) is 45.1 Å². The lowest BCUT2D eigenvalue weighted by molar-refractivity contribution is -0.135. The number of nitrogens with zero attached hydrogens (tertiary/aromatic N) is 4. The van der Waals surface area contributed by atoms with E-state index in [1.165, 1.54) is 7.05 Å². The van der Waals surface area contributed by atoms with Crippen molar-refractivity contribution in [3.05, 3.63) is 58.3 Å². The largest absolute Gasteiger partial charge is 0.412 e. The Morgan fingerprint density at radius 1 is 1.27 bits per heavy atom. The summed E-state index contributed by atoms with van der Waals surface area (Å²) in [7, 11) is 1.32. The topological polar surface area (TPSA) is 79.0 Å². The highest BCUT2D eigenvalue weighted by atomic mass is 19.4. The van der Waals surface area contributed by atoms with Crippen molar-refractivity contribution in [3.63, 3.8) is 0 Å². The lowest BCUT2D eigenvalue weighted by atomic mass is 10.1. The Bertz CT molecular complexity index is 1030. The number of rotatable bonds is 9. The van der Waals surface area contributed by atoms with Crippen LogP contribution in [-0.2, 0) is 17.8 Å². The van der Waals surface area contributed by atoms with E-state index in [1.54, 1.807) is 6.07 Å². The Labute approximate surface area is 186 Å². The van der Waals surface area contributed by atoms with Crippen LogP contribution in [0.1, 0.15) is 31.3 Å². The van der Waals surface area contributed by atoms with Crippen molar-refractivity contribution in [2.24, 2.45) is 0 Å². The molecule has 12 heteroatoms. The Kier molecular flexibility index (Phi) is 9.63. The number of likely N-dealkylation sites (N-methyl/N-ethyl adjacent to an activating group) is 1. The minimum atomic E-state index is -4.57. The number of alkyl halides is 6. The summed E-state index contributed by atoms with van der Waals surface area (Å²) >= 11 is 0. The van der Waals surface area contributed by atoms with E-state index < -0.39 is 48.8 Å². The molecule has 180 valence electrons. The summed E-state index contributed by atoms with van der Waals surface area (Å²) < 4.78 is 76.8. The van der Waals surface area contributed by atoms with Crippen LogP contribution in [-0.4, -0.2) is 46.3 Å². The number of halogens is 6. The number of hydrogen-bond acceptors (Lipinski definition) is 4. The van der Waals surface area contributed by atoms with Gasteiger partial charge in [0.2, 0.25) is 5.91 Å². The average molecular weight is 476 g/mol. The predicted molar refractivity (Wildman–Crippen MR) is 109 cm³/mol. The molecule has 0 radical (unpaired) electrons. The Balaban J connectivity index is 3.45. The third kappa shape index (κ3) is 8.96. The van der Waals surface area contributed by atoms with E-state index in [1.807, 2.05) is 0 Å². The van der Waals surface area contributed by atoms with Crippen molar-refractivity contribution in [1.82, 2.24) is 14.5 Å². The van der Waals surface area contributed by atoms with Crippen LogP contribution >= 0.6 is 0 Å². The molecule has 0 atom stereocenters. The number of nitriles is 1. The second-order valence-electron chi connectivity index (χ2n) is 7.03. The van der Waals surface area contributed by atoms with Crippen LogP contribution in [0.4, 0.5) is 26.3 Å². The second kappa shape index (κ2) is 11.5. The zero-order chi connectivity index (χ0) is 25.4. The molecule has 1 heterocycles.